The van der Waals surface area contributed by atoms with E-state index in [1.807, 2.05) is 18.7 Å². The number of benzene rings is 1. The second-order valence-corrected chi connectivity index (χ2v) is 6.19. The summed E-state index contributed by atoms with van der Waals surface area (Å²) in [4.78, 5) is 14.6. The first-order chi connectivity index (χ1) is 11.0. The number of hydrogen-bond donors (Lipinski definition) is 0. The molecule has 2 aromatic rings. The van der Waals surface area contributed by atoms with Crippen molar-refractivity contribution >= 4 is 5.91 Å². The number of amides is 1. The molecule has 1 aromatic carbocycles. The van der Waals surface area contributed by atoms with Crippen molar-refractivity contribution in [2.75, 3.05) is 6.54 Å². The maximum absolute atomic E-state index is 13.0. The molecule has 2 heterocycles. The third-order valence-electron chi connectivity index (χ3n) is 4.59. The Morgan fingerprint density at radius 2 is 2.09 bits per heavy atom. The molecule has 122 valence electrons. The largest absolute Gasteiger partial charge is 0.361 e. The fourth-order valence-corrected chi connectivity index (χ4v) is 3.28. The maximum atomic E-state index is 13.0. The van der Waals surface area contributed by atoms with Crippen LogP contribution in [0.5, 0.6) is 0 Å². The van der Waals surface area contributed by atoms with E-state index in [0.717, 1.165) is 42.6 Å². The molecule has 1 aliphatic rings. The average molecular weight is 316 g/mol. The van der Waals surface area contributed by atoms with Crippen molar-refractivity contribution in [1.82, 2.24) is 10.1 Å². The zero-order valence-electron chi connectivity index (χ0n) is 13.5. The van der Waals surface area contributed by atoms with Crippen LogP contribution >= 0.6 is 0 Å². The summed E-state index contributed by atoms with van der Waals surface area (Å²) in [5.74, 6) is 0.598. The molecule has 0 N–H and O–H groups in total. The number of aromatic nitrogens is 1. The topological polar surface area (TPSA) is 46.3 Å². The molecular formula is C18H21FN2O2. The number of carbonyl (C=O) groups is 1. The van der Waals surface area contributed by atoms with Crippen molar-refractivity contribution in [2.24, 2.45) is 0 Å². The summed E-state index contributed by atoms with van der Waals surface area (Å²) in [5.41, 5.74) is 2.74. The fraction of sp³-hybridized carbons (Fsp3) is 0.444. The van der Waals surface area contributed by atoms with Gasteiger partial charge in [-0.15, -0.1) is 0 Å². The van der Waals surface area contributed by atoms with Crippen LogP contribution in [0.1, 0.15) is 35.4 Å². The lowest BCUT2D eigenvalue weighted by atomic mass is 10.0. The van der Waals surface area contributed by atoms with Crippen LogP contribution in [-0.2, 0) is 17.6 Å². The molecule has 0 aliphatic carbocycles. The van der Waals surface area contributed by atoms with Crippen LogP contribution in [0.3, 0.4) is 0 Å². The van der Waals surface area contributed by atoms with Gasteiger partial charge in [0, 0.05) is 18.2 Å². The SMILES string of the molecule is Cc1noc(C)c1CC(=O)N1CCCC1Cc1ccc(F)cc1. The van der Waals surface area contributed by atoms with E-state index < -0.39 is 0 Å². The average Bonchev–Trinajstić information content (AvgIpc) is 3.11. The molecule has 1 saturated heterocycles. The predicted molar refractivity (Wildman–Crippen MR) is 84.5 cm³/mol. The van der Waals surface area contributed by atoms with Gasteiger partial charge in [0.05, 0.1) is 12.1 Å². The molecule has 1 amide bonds. The molecule has 0 radical (unpaired) electrons. The highest BCUT2D eigenvalue weighted by molar-refractivity contribution is 5.79. The van der Waals surface area contributed by atoms with Crippen LogP contribution in [-0.4, -0.2) is 28.6 Å². The van der Waals surface area contributed by atoms with Crippen molar-refractivity contribution in [1.29, 1.82) is 0 Å². The van der Waals surface area contributed by atoms with Gasteiger partial charge < -0.3 is 9.42 Å². The molecule has 1 unspecified atom stereocenters. The Kier molecular flexibility index (Phi) is 4.46. The highest BCUT2D eigenvalue weighted by Crippen LogP contribution is 2.23. The van der Waals surface area contributed by atoms with Gasteiger partial charge in [-0.05, 0) is 50.8 Å². The van der Waals surface area contributed by atoms with Crippen LogP contribution in [0, 0.1) is 19.7 Å². The molecular weight excluding hydrogens is 295 g/mol. The zero-order valence-corrected chi connectivity index (χ0v) is 13.5. The standard InChI is InChI=1S/C18H21FN2O2/c1-12-17(13(2)23-20-12)11-18(22)21-9-3-4-16(21)10-14-5-7-15(19)8-6-14/h5-8,16H,3-4,9-11H2,1-2H3. The maximum Gasteiger partial charge on any atom is 0.227 e. The first-order valence-electron chi connectivity index (χ1n) is 8.00. The number of nitrogens with zero attached hydrogens (tertiary/aromatic N) is 2. The second kappa shape index (κ2) is 6.52. The molecule has 0 spiro atoms. The number of rotatable bonds is 4. The van der Waals surface area contributed by atoms with E-state index in [0.29, 0.717) is 12.2 Å². The summed E-state index contributed by atoms with van der Waals surface area (Å²) in [6.07, 6.45) is 3.11. The summed E-state index contributed by atoms with van der Waals surface area (Å²) in [7, 11) is 0. The van der Waals surface area contributed by atoms with Crippen molar-refractivity contribution in [3.8, 4) is 0 Å². The minimum absolute atomic E-state index is 0.115. The van der Waals surface area contributed by atoms with Crippen LogP contribution in [0.25, 0.3) is 0 Å². The lowest BCUT2D eigenvalue weighted by molar-refractivity contribution is -0.131. The first-order valence-corrected chi connectivity index (χ1v) is 8.00. The van der Waals surface area contributed by atoms with Crippen LogP contribution in [0.2, 0.25) is 0 Å². The van der Waals surface area contributed by atoms with E-state index in [1.165, 1.54) is 12.1 Å². The van der Waals surface area contributed by atoms with Crippen LogP contribution in [0.4, 0.5) is 4.39 Å². The van der Waals surface area contributed by atoms with Gasteiger partial charge in [-0.2, -0.15) is 0 Å². The number of aryl methyl sites for hydroxylation is 2. The predicted octanol–water partition coefficient (Wildman–Crippen LogP) is 3.21. The van der Waals surface area contributed by atoms with Crippen molar-refractivity contribution in [3.63, 3.8) is 0 Å². The second-order valence-electron chi connectivity index (χ2n) is 6.19. The number of carbonyl (C=O) groups excluding carboxylic acids is 1. The Morgan fingerprint density at radius 3 is 2.74 bits per heavy atom. The lowest BCUT2D eigenvalue weighted by Gasteiger charge is -2.25. The third kappa shape index (κ3) is 3.44. The van der Waals surface area contributed by atoms with Gasteiger partial charge in [-0.3, -0.25) is 4.79 Å². The Labute approximate surface area is 135 Å². The van der Waals surface area contributed by atoms with Gasteiger partial charge in [-0.25, -0.2) is 4.39 Å². The normalized spacial score (nSPS) is 17.7. The molecule has 0 bridgehead atoms. The highest BCUT2D eigenvalue weighted by Gasteiger charge is 2.29. The molecule has 23 heavy (non-hydrogen) atoms. The summed E-state index contributed by atoms with van der Waals surface area (Å²) < 4.78 is 18.1. The van der Waals surface area contributed by atoms with Crippen molar-refractivity contribution in [2.45, 2.75) is 45.6 Å². The van der Waals surface area contributed by atoms with Crippen LogP contribution in [0.15, 0.2) is 28.8 Å². The van der Waals surface area contributed by atoms with E-state index >= 15 is 0 Å². The highest BCUT2D eigenvalue weighted by atomic mass is 19.1. The van der Waals surface area contributed by atoms with Crippen LogP contribution < -0.4 is 0 Å². The van der Waals surface area contributed by atoms with Gasteiger partial charge in [0.2, 0.25) is 5.91 Å². The van der Waals surface area contributed by atoms with E-state index in [9.17, 15) is 9.18 Å². The number of hydrogen-bond acceptors (Lipinski definition) is 3. The Bertz CT molecular complexity index is 674. The van der Waals surface area contributed by atoms with E-state index in [1.54, 1.807) is 12.1 Å². The van der Waals surface area contributed by atoms with Crippen molar-refractivity contribution < 1.29 is 13.7 Å². The van der Waals surface area contributed by atoms with E-state index in [4.69, 9.17) is 4.52 Å². The Hall–Kier alpha value is -2.17. The Balaban J connectivity index is 1.68. The monoisotopic (exact) mass is 316 g/mol. The van der Waals surface area contributed by atoms with E-state index in [2.05, 4.69) is 5.16 Å². The smallest absolute Gasteiger partial charge is 0.227 e. The first kappa shape index (κ1) is 15.7. The minimum atomic E-state index is -0.230. The minimum Gasteiger partial charge on any atom is -0.361 e. The molecule has 3 rings (SSSR count). The van der Waals surface area contributed by atoms with Gasteiger partial charge in [0.1, 0.15) is 11.6 Å². The van der Waals surface area contributed by atoms with Crippen molar-refractivity contribution in [3.05, 3.63) is 52.7 Å². The third-order valence-corrected chi connectivity index (χ3v) is 4.59. The molecule has 1 aliphatic heterocycles. The number of likely N-dealkylation sites (tertiary alicyclic amines) is 1. The van der Waals surface area contributed by atoms with Gasteiger partial charge in [-0.1, -0.05) is 17.3 Å². The van der Waals surface area contributed by atoms with Gasteiger partial charge >= 0.3 is 0 Å². The van der Waals surface area contributed by atoms with Gasteiger partial charge in [0.25, 0.3) is 0 Å². The summed E-state index contributed by atoms with van der Waals surface area (Å²) in [5, 5.41) is 3.91. The lowest BCUT2D eigenvalue weighted by Crippen LogP contribution is -2.37. The van der Waals surface area contributed by atoms with E-state index in [-0.39, 0.29) is 17.8 Å². The molecule has 0 saturated carbocycles. The molecule has 5 heteroatoms. The molecule has 1 atom stereocenters. The molecule has 1 fully saturated rings. The number of halogens is 1. The summed E-state index contributed by atoms with van der Waals surface area (Å²) in [6, 6.07) is 6.73. The van der Waals surface area contributed by atoms with Gasteiger partial charge in [0.15, 0.2) is 0 Å². The summed E-state index contributed by atoms with van der Waals surface area (Å²) in [6.45, 7) is 4.48. The Morgan fingerprint density at radius 1 is 1.35 bits per heavy atom. The fourth-order valence-electron chi connectivity index (χ4n) is 3.28. The zero-order chi connectivity index (χ0) is 16.4. The summed E-state index contributed by atoms with van der Waals surface area (Å²) >= 11 is 0. The quantitative estimate of drug-likeness (QED) is 0.870. The molecule has 4 nitrogen and oxygen atoms in total. The molecule has 1 aromatic heterocycles.